The van der Waals surface area contributed by atoms with Crippen LogP contribution in [0.5, 0.6) is 11.5 Å². The van der Waals surface area contributed by atoms with Crippen molar-refractivity contribution < 1.29 is 27.5 Å². The number of carbonyl (C=O) groups is 2. The fourth-order valence-corrected chi connectivity index (χ4v) is 3.63. The molecule has 2 rings (SSSR count). The number of carbonyl (C=O) groups excluding carboxylic acids is 2. The first-order valence-electron chi connectivity index (χ1n) is 8.16. The van der Waals surface area contributed by atoms with Gasteiger partial charge in [-0.25, -0.2) is 8.42 Å². The summed E-state index contributed by atoms with van der Waals surface area (Å²) in [5.41, 5.74) is 5.62. The maximum Gasteiger partial charge on any atom is 0.250 e. The van der Waals surface area contributed by atoms with Crippen LogP contribution in [0.2, 0.25) is 5.02 Å². The van der Waals surface area contributed by atoms with Gasteiger partial charge in [0.1, 0.15) is 18.0 Å². The second-order valence-corrected chi connectivity index (χ2v) is 8.20. The van der Waals surface area contributed by atoms with Gasteiger partial charge in [-0.2, -0.15) is 0 Å². The molecule has 9 nitrogen and oxygen atoms in total. The van der Waals surface area contributed by atoms with Crippen LogP contribution < -0.4 is 24.8 Å². The van der Waals surface area contributed by atoms with E-state index in [1.54, 1.807) is 12.1 Å². The van der Waals surface area contributed by atoms with Crippen molar-refractivity contribution >= 4 is 44.8 Å². The average Bonchev–Trinajstić information content (AvgIpc) is 2.65. The summed E-state index contributed by atoms with van der Waals surface area (Å²) in [7, 11) is -1.19. The van der Waals surface area contributed by atoms with E-state index in [0.717, 1.165) is 10.6 Å². The molecule has 2 aromatic rings. The number of rotatable bonds is 8. The van der Waals surface area contributed by atoms with Gasteiger partial charge < -0.3 is 20.5 Å². The van der Waals surface area contributed by atoms with Crippen LogP contribution in [-0.2, 0) is 14.8 Å². The molecule has 0 saturated heterocycles. The molecule has 0 fully saturated rings. The van der Waals surface area contributed by atoms with E-state index in [-0.39, 0.29) is 33.5 Å². The zero-order valence-electron chi connectivity index (χ0n) is 15.9. The predicted octanol–water partition coefficient (Wildman–Crippen LogP) is 1.86. The van der Waals surface area contributed by atoms with Crippen LogP contribution in [0.1, 0.15) is 10.4 Å². The third kappa shape index (κ3) is 5.30. The van der Waals surface area contributed by atoms with Crippen molar-refractivity contribution in [3.63, 3.8) is 0 Å². The molecule has 2 aromatic carbocycles. The maximum atomic E-state index is 12.6. The van der Waals surface area contributed by atoms with Gasteiger partial charge in [0.25, 0.3) is 5.91 Å². The van der Waals surface area contributed by atoms with Crippen LogP contribution in [0.3, 0.4) is 0 Å². The molecule has 3 N–H and O–H groups in total. The van der Waals surface area contributed by atoms with E-state index < -0.39 is 28.4 Å². The minimum Gasteiger partial charge on any atom is -0.495 e. The van der Waals surface area contributed by atoms with E-state index in [1.165, 1.54) is 38.5 Å². The quantitative estimate of drug-likeness (QED) is 0.643. The number of amides is 2. The molecule has 29 heavy (non-hydrogen) atoms. The third-order valence-corrected chi connectivity index (χ3v) is 5.30. The number of halogens is 1. The molecule has 2 amide bonds. The van der Waals surface area contributed by atoms with Crippen molar-refractivity contribution in [2.45, 2.75) is 0 Å². The van der Waals surface area contributed by atoms with Gasteiger partial charge in [0.15, 0.2) is 0 Å². The Morgan fingerprint density at radius 1 is 1.14 bits per heavy atom. The Morgan fingerprint density at radius 2 is 1.76 bits per heavy atom. The number of hydrogen-bond donors (Lipinski definition) is 2. The molecule has 0 atom stereocenters. The third-order valence-electron chi connectivity index (χ3n) is 3.88. The number of nitrogens with two attached hydrogens (primary N) is 1. The van der Waals surface area contributed by atoms with Crippen LogP contribution in [0.15, 0.2) is 36.4 Å². The topological polar surface area (TPSA) is 128 Å². The van der Waals surface area contributed by atoms with E-state index in [1.807, 2.05) is 0 Å². The molecule has 0 saturated carbocycles. The molecule has 0 spiro atoms. The molecule has 11 heteroatoms. The average molecular weight is 442 g/mol. The number of para-hydroxylation sites is 1. The second-order valence-electron chi connectivity index (χ2n) is 5.89. The Bertz CT molecular complexity index is 1040. The lowest BCUT2D eigenvalue weighted by molar-refractivity contribution is -0.114. The highest BCUT2D eigenvalue weighted by atomic mass is 35.5. The smallest absolute Gasteiger partial charge is 0.250 e. The Balaban J connectivity index is 2.41. The number of hydrogen-bond acceptors (Lipinski definition) is 6. The summed E-state index contributed by atoms with van der Waals surface area (Å²) in [6, 6.07) is 8.85. The Morgan fingerprint density at radius 3 is 2.31 bits per heavy atom. The number of methoxy groups -OCH3 is 2. The lowest BCUT2D eigenvalue weighted by atomic mass is 10.1. The number of primary amides is 1. The van der Waals surface area contributed by atoms with Crippen molar-refractivity contribution in [3.8, 4) is 11.5 Å². The highest BCUT2D eigenvalue weighted by Gasteiger charge is 2.26. The molecule has 0 unspecified atom stereocenters. The van der Waals surface area contributed by atoms with Gasteiger partial charge >= 0.3 is 0 Å². The zero-order valence-corrected chi connectivity index (χ0v) is 17.5. The molecular formula is C18H20ClN3O6S. The summed E-state index contributed by atoms with van der Waals surface area (Å²) in [4.78, 5) is 24.1. The summed E-state index contributed by atoms with van der Waals surface area (Å²) in [5.74, 6) is -1.09. The lowest BCUT2D eigenvalue weighted by Crippen LogP contribution is -2.38. The summed E-state index contributed by atoms with van der Waals surface area (Å²) in [6.07, 6.45) is 0.943. The highest BCUT2D eigenvalue weighted by molar-refractivity contribution is 7.92. The lowest BCUT2D eigenvalue weighted by Gasteiger charge is -2.24. The molecule has 0 radical (unpaired) electrons. The van der Waals surface area contributed by atoms with Gasteiger partial charge in [0, 0.05) is 12.1 Å². The minimum atomic E-state index is -3.90. The molecule has 0 bridgehead atoms. The first kappa shape index (κ1) is 22.3. The van der Waals surface area contributed by atoms with Gasteiger partial charge in [-0.1, -0.05) is 23.7 Å². The number of benzene rings is 2. The van der Waals surface area contributed by atoms with Crippen molar-refractivity contribution in [1.82, 2.24) is 0 Å². The number of nitrogens with one attached hydrogen (secondary N) is 1. The number of anilines is 2. The van der Waals surface area contributed by atoms with Gasteiger partial charge in [-0.3, -0.25) is 13.9 Å². The van der Waals surface area contributed by atoms with Crippen molar-refractivity contribution in [1.29, 1.82) is 0 Å². The van der Waals surface area contributed by atoms with E-state index >= 15 is 0 Å². The summed E-state index contributed by atoms with van der Waals surface area (Å²) < 4.78 is 36.0. The Labute approximate surface area is 173 Å². The summed E-state index contributed by atoms with van der Waals surface area (Å²) >= 11 is 6.06. The Hall–Kier alpha value is -2.98. The standard InChI is InChI=1S/C18H20ClN3O6S/c1-27-15-9-14(16(28-2)8-12(15)19)22(29(3,25)26)10-17(23)21-13-7-5-4-6-11(13)18(20)24/h4-9H,10H2,1-3H3,(H2,20,24)(H,21,23). The minimum absolute atomic E-state index is 0.0644. The number of nitrogens with zero attached hydrogens (tertiary/aromatic N) is 1. The van der Waals surface area contributed by atoms with Crippen LogP contribution >= 0.6 is 11.6 Å². The number of sulfonamides is 1. The monoisotopic (exact) mass is 441 g/mol. The molecule has 156 valence electrons. The van der Waals surface area contributed by atoms with Crippen molar-refractivity contribution in [2.24, 2.45) is 5.73 Å². The SMILES string of the molecule is COc1cc(N(CC(=O)Nc2ccccc2C(N)=O)S(C)(=O)=O)c(OC)cc1Cl. The first-order chi connectivity index (χ1) is 13.6. The highest BCUT2D eigenvalue weighted by Crippen LogP contribution is 2.38. The number of ether oxygens (including phenoxy) is 2. The molecule has 0 aliphatic heterocycles. The fraction of sp³-hybridized carbons (Fsp3) is 0.222. The molecule has 0 aliphatic carbocycles. The fourth-order valence-electron chi connectivity index (χ4n) is 2.55. The van der Waals surface area contributed by atoms with Crippen LogP contribution in [0.25, 0.3) is 0 Å². The maximum absolute atomic E-state index is 12.6. The van der Waals surface area contributed by atoms with Gasteiger partial charge in [0.05, 0.1) is 42.4 Å². The van der Waals surface area contributed by atoms with Crippen LogP contribution in [0, 0.1) is 0 Å². The molecule has 0 aliphatic rings. The zero-order chi connectivity index (χ0) is 21.8. The normalized spacial score (nSPS) is 10.9. The van der Waals surface area contributed by atoms with E-state index in [9.17, 15) is 18.0 Å². The van der Waals surface area contributed by atoms with E-state index in [2.05, 4.69) is 5.32 Å². The largest absolute Gasteiger partial charge is 0.495 e. The summed E-state index contributed by atoms with van der Waals surface area (Å²) in [6.45, 7) is -0.590. The van der Waals surface area contributed by atoms with Crippen LogP contribution in [-0.4, -0.2) is 47.3 Å². The van der Waals surface area contributed by atoms with E-state index in [0.29, 0.717) is 0 Å². The molecular weight excluding hydrogens is 422 g/mol. The molecule has 0 heterocycles. The van der Waals surface area contributed by atoms with Crippen LogP contribution in [0.4, 0.5) is 11.4 Å². The summed E-state index contributed by atoms with van der Waals surface area (Å²) in [5, 5.41) is 2.71. The van der Waals surface area contributed by atoms with Gasteiger partial charge in [-0.05, 0) is 12.1 Å². The van der Waals surface area contributed by atoms with Gasteiger partial charge in [0.2, 0.25) is 15.9 Å². The van der Waals surface area contributed by atoms with Gasteiger partial charge in [-0.15, -0.1) is 0 Å². The van der Waals surface area contributed by atoms with Crippen molar-refractivity contribution in [2.75, 3.05) is 36.6 Å². The van der Waals surface area contributed by atoms with Crippen molar-refractivity contribution in [3.05, 3.63) is 47.0 Å². The molecule has 0 aromatic heterocycles. The first-order valence-corrected chi connectivity index (χ1v) is 10.4. The van der Waals surface area contributed by atoms with E-state index in [4.69, 9.17) is 26.8 Å². The Kier molecular flexibility index (Phi) is 6.93. The predicted molar refractivity (Wildman–Crippen MR) is 110 cm³/mol. The second kappa shape index (κ2) is 9.01.